The molecule has 1 fully saturated rings. The number of aromatic nitrogens is 6. The van der Waals surface area contributed by atoms with Gasteiger partial charge in [0.2, 0.25) is 11.9 Å². The van der Waals surface area contributed by atoms with Gasteiger partial charge in [-0.3, -0.25) is 14.7 Å². The molecule has 8 nitrogen and oxygen atoms in total. The molecule has 1 aromatic carbocycles. The van der Waals surface area contributed by atoms with Gasteiger partial charge >= 0.3 is 0 Å². The zero-order valence-corrected chi connectivity index (χ0v) is 16.0. The zero-order chi connectivity index (χ0) is 19.3. The van der Waals surface area contributed by atoms with Gasteiger partial charge in [0.15, 0.2) is 11.0 Å². The van der Waals surface area contributed by atoms with Crippen molar-refractivity contribution in [1.29, 1.82) is 0 Å². The van der Waals surface area contributed by atoms with Crippen molar-refractivity contribution < 1.29 is 9.18 Å². The second-order valence-corrected chi connectivity index (χ2v) is 7.59. The smallest absolute Gasteiger partial charge is 0.237 e. The third-order valence-electron chi connectivity index (χ3n) is 4.69. The van der Waals surface area contributed by atoms with Crippen molar-refractivity contribution in [3.63, 3.8) is 0 Å². The number of carbonyl (C=O) groups excluding carboxylic acids is 1. The first-order valence-electron chi connectivity index (χ1n) is 9.19. The summed E-state index contributed by atoms with van der Waals surface area (Å²) >= 11 is 1.31. The number of nitrogens with zero attached hydrogens (tertiary/aromatic N) is 5. The van der Waals surface area contributed by atoms with Gasteiger partial charge in [0.1, 0.15) is 12.1 Å². The van der Waals surface area contributed by atoms with Crippen LogP contribution in [0.15, 0.2) is 35.7 Å². The molecule has 3 aromatic rings. The first kappa shape index (κ1) is 18.6. The third kappa shape index (κ3) is 4.22. The molecule has 1 amide bonds. The first-order chi connectivity index (χ1) is 13.7. The van der Waals surface area contributed by atoms with Crippen LogP contribution in [0, 0.1) is 5.82 Å². The highest BCUT2D eigenvalue weighted by Gasteiger charge is 2.24. The molecule has 0 bridgehead atoms. The van der Waals surface area contributed by atoms with Crippen molar-refractivity contribution in [1.82, 2.24) is 29.9 Å². The third-order valence-corrected chi connectivity index (χ3v) is 5.64. The van der Waals surface area contributed by atoms with Gasteiger partial charge in [0.05, 0.1) is 5.75 Å². The molecular weight excluding hydrogens is 381 g/mol. The molecule has 1 saturated carbocycles. The van der Waals surface area contributed by atoms with Gasteiger partial charge in [-0.2, -0.15) is 10.1 Å². The molecule has 0 radical (unpaired) electrons. The van der Waals surface area contributed by atoms with Crippen molar-refractivity contribution in [3.05, 3.63) is 36.4 Å². The van der Waals surface area contributed by atoms with Crippen LogP contribution in [0.25, 0.3) is 11.4 Å². The highest BCUT2D eigenvalue weighted by Crippen LogP contribution is 2.35. The number of rotatable bonds is 6. The molecule has 1 aliphatic rings. The summed E-state index contributed by atoms with van der Waals surface area (Å²) in [4.78, 5) is 16.0. The molecule has 2 heterocycles. The Morgan fingerprint density at radius 3 is 2.89 bits per heavy atom. The van der Waals surface area contributed by atoms with E-state index in [1.807, 2.05) is 6.07 Å². The van der Waals surface area contributed by atoms with E-state index < -0.39 is 0 Å². The van der Waals surface area contributed by atoms with Gasteiger partial charge in [-0.15, -0.1) is 10.2 Å². The van der Waals surface area contributed by atoms with Crippen LogP contribution in [-0.4, -0.2) is 41.6 Å². The Kier molecular flexibility index (Phi) is 5.65. The van der Waals surface area contributed by atoms with E-state index in [9.17, 15) is 9.18 Å². The van der Waals surface area contributed by atoms with E-state index in [1.54, 1.807) is 6.07 Å². The number of anilines is 1. The number of nitrogens with one attached hydrogen (secondary N) is 2. The Bertz CT molecular complexity index is 937. The summed E-state index contributed by atoms with van der Waals surface area (Å²) in [5.41, 5.74) is 0.691. The number of hydrogen-bond donors (Lipinski definition) is 2. The number of halogens is 1. The summed E-state index contributed by atoms with van der Waals surface area (Å²) in [6.07, 6.45) is 6.88. The fraction of sp³-hybridized carbons (Fsp3) is 0.389. The lowest BCUT2D eigenvalue weighted by atomic mass is 9.95. The van der Waals surface area contributed by atoms with Crippen LogP contribution in [0.2, 0.25) is 0 Å². The molecule has 10 heteroatoms. The van der Waals surface area contributed by atoms with E-state index >= 15 is 0 Å². The van der Waals surface area contributed by atoms with Crippen molar-refractivity contribution in [2.75, 3.05) is 11.1 Å². The summed E-state index contributed by atoms with van der Waals surface area (Å²) in [7, 11) is 0. The number of hydrogen-bond acceptors (Lipinski definition) is 6. The normalized spacial score (nSPS) is 14.9. The minimum atomic E-state index is -0.309. The Morgan fingerprint density at radius 2 is 2.14 bits per heavy atom. The molecule has 2 N–H and O–H groups in total. The summed E-state index contributed by atoms with van der Waals surface area (Å²) in [5, 5.41) is 18.2. The second kappa shape index (κ2) is 8.51. The number of aromatic amines is 1. The van der Waals surface area contributed by atoms with Crippen LogP contribution >= 0.6 is 11.8 Å². The molecule has 1 aliphatic carbocycles. The van der Waals surface area contributed by atoms with Gasteiger partial charge in [-0.1, -0.05) is 43.2 Å². The lowest BCUT2D eigenvalue weighted by Gasteiger charge is -2.25. The highest BCUT2D eigenvalue weighted by molar-refractivity contribution is 7.99. The van der Waals surface area contributed by atoms with Crippen molar-refractivity contribution in [2.24, 2.45) is 0 Å². The van der Waals surface area contributed by atoms with Gasteiger partial charge in [-0.25, -0.2) is 9.49 Å². The standard InChI is InChI=1S/C18H20FN7OS/c19-13-6-4-5-12(9-13)16-23-25-18(26(16)14-7-2-1-3-8-14)28-10-15(27)22-17-20-11-21-24-17/h4-6,9,11,14H,1-3,7-8,10H2,(H2,20,21,22,24,27). The van der Waals surface area contributed by atoms with Crippen LogP contribution in [0.4, 0.5) is 10.3 Å². The molecule has 146 valence electrons. The van der Waals surface area contributed by atoms with E-state index in [0.717, 1.165) is 25.7 Å². The fourth-order valence-electron chi connectivity index (χ4n) is 3.43. The summed E-state index contributed by atoms with van der Waals surface area (Å²) < 4.78 is 15.8. The Morgan fingerprint density at radius 1 is 1.29 bits per heavy atom. The molecule has 0 aliphatic heterocycles. The number of carbonyl (C=O) groups is 1. The van der Waals surface area contributed by atoms with Crippen LogP contribution in [-0.2, 0) is 4.79 Å². The van der Waals surface area contributed by atoms with Crippen molar-refractivity contribution in [3.8, 4) is 11.4 Å². The lowest BCUT2D eigenvalue weighted by Crippen LogP contribution is -2.18. The van der Waals surface area contributed by atoms with Gasteiger partial charge < -0.3 is 0 Å². The molecule has 0 atom stereocenters. The molecule has 28 heavy (non-hydrogen) atoms. The molecule has 2 aromatic heterocycles. The summed E-state index contributed by atoms with van der Waals surface area (Å²) in [5.74, 6) is 0.585. The van der Waals surface area contributed by atoms with Crippen LogP contribution in [0.1, 0.15) is 38.1 Å². The zero-order valence-electron chi connectivity index (χ0n) is 15.1. The summed E-state index contributed by atoms with van der Waals surface area (Å²) in [6.45, 7) is 0. The maximum Gasteiger partial charge on any atom is 0.237 e. The first-order valence-corrected chi connectivity index (χ1v) is 10.2. The second-order valence-electron chi connectivity index (χ2n) is 6.65. The predicted octanol–water partition coefficient (Wildman–Crippen LogP) is 3.44. The average Bonchev–Trinajstić information content (AvgIpc) is 3.36. The molecule has 0 saturated heterocycles. The molecular formula is C18H20FN7OS. The summed E-state index contributed by atoms with van der Waals surface area (Å²) in [6, 6.07) is 6.63. The van der Waals surface area contributed by atoms with Gasteiger partial charge in [-0.05, 0) is 25.0 Å². The minimum Gasteiger partial charge on any atom is -0.299 e. The molecule has 4 rings (SSSR count). The Labute approximate surface area is 165 Å². The van der Waals surface area contributed by atoms with E-state index in [2.05, 4.69) is 35.3 Å². The van der Waals surface area contributed by atoms with E-state index in [-0.39, 0.29) is 23.5 Å². The number of benzene rings is 1. The number of thioether (sulfide) groups is 1. The van der Waals surface area contributed by atoms with Gasteiger partial charge in [0.25, 0.3) is 0 Å². The molecule has 0 spiro atoms. The van der Waals surface area contributed by atoms with Crippen LogP contribution < -0.4 is 5.32 Å². The largest absolute Gasteiger partial charge is 0.299 e. The Balaban J connectivity index is 1.56. The highest BCUT2D eigenvalue weighted by atomic mass is 32.2. The lowest BCUT2D eigenvalue weighted by molar-refractivity contribution is -0.113. The van der Waals surface area contributed by atoms with Crippen LogP contribution in [0.5, 0.6) is 0 Å². The van der Waals surface area contributed by atoms with E-state index in [1.165, 1.54) is 36.6 Å². The predicted molar refractivity (Wildman–Crippen MR) is 103 cm³/mol. The maximum absolute atomic E-state index is 13.7. The SMILES string of the molecule is O=C(CSc1nnc(-c2cccc(F)c2)n1C1CCCCC1)Nc1ncn[nH]1. The van der Waals surface area contributed by atoms with Gasteiger partial charge in [0, 0.05) is 11.6 Å². The fourth-order valence-corrected chi connectivity index (χ4v) is 4.24. The number of H-pyrrole nitrogens is 1. The van der Waals surface area contributed by atoms with Crippen molar-refractivity contribution >= 4 is 23.6 Å². The topological polar surface area (TPSA) is 101 Å². The minimum absolute atomic E-state index is 0.161. The molecule has 0 unspecified atom stereocenters. The maximum atomic E-state index is 13.7. The van der Waals surface area contributed by atoms with Crippen LogP contribution in [0.3, 0.4) is 0 Å². The quantitative estimate of drug-likeness (QED) is 0.614. The monoisotopic (exact) mass is 401 g/mol. The average molecular weight is 401 g/mol. The Hall–Kier alpha value is -2.75. The van der Waals surface area contributed by atoms with Crippen molar-refractivity contribution in [2.45, 2.75) is 43.3 Å². The number of amides is 1. The van der Waals surface area contributed by atoms with E-state index in [0.29, 0.717) is 22.5 Å². The van der Waals surface area contributed by atoms with E-state index in [4.69, 9.17) is 0 Å².